The molecule has 15 heavy (non-hydrogen) atoms. The third kappa shape index (κ3) is 3.35. The average Bonchev–Trinajstić information content (AvgIpc) is 2.44. The molecule has 0 amide bonds. The monoisotopic (exact) mass is 203 g/mol. The Morgan fingerprint density at radius 1 is 1.20 bits per heavy atom. The maximum Gasteiger partial charge on any atom is 0.0233 e. The number of hydrogen-bond acceptors (Lipinski definition) is 1. The molecule has 0 unspecified atom stereocenters. The highest BCUT2D eigenvalue weighted by Gasteiger charge is 2.14. The number of likely N-dealkylation sites (tertiary alicyclic amines) is 1. The summed E-state index contributed by atoms with van der Waals surface area (Å²) in [6, 6.07) is 10.8. The minimum Gasteiger partial charge on any atom is -0.299 e. The van der Waals surface area contributed by atoms with Gasteiger partial charge in [-0.1, -0.05) is 43.7 Å². The van der Waals surface area contributed by atoms with E-state index < -0.39 is 0 Å². The van der Waals surface area contributed by atoms with E-state index in [9.17, 15) is 0 Å². The van der Waals surface area contributed by atoms with Crippen molar-refractivity contribution in [3.8, 4) is 0 Å². The summed E-state index contributed by atoms with van der Waals surface area (Å²) in [7, 11) is 0. The van der Waals surface area contributed by atoms with Gasteiger partial charge >= 0.3 is 0 Å². The Morgan fingerprint density at radius 2 is 2.00 bits per heavy atom. The Balaban J connectivity index is 1.93. The fourth-order valence-electron chi connectivity index (χ4n) is 2.44. The van der Waals surface area contributed by atoms with Crippen molar-refractivity contribution in [2.24, 2.45) is 5.92 Å². The third-order valence-electron chi connectivity index (χ3n) is 3.24. The number of benzene rings is 1. The van der Waals surface area contributed by atoms with Crippen molar-refractivity contribution in [3.05, 3.63) is 35.9 Å². The molecule has 0 aliphatic carbocycles. The molecule has 0 spiro atoms. The van der Waals surface area contributed by atoms with Crippen molar-refractivity contribution >= 4 is 0 Å². The fraction of sp³-hybridized carbons (Fsp3) is 0.571. The maximum absolute atomic E-state index is 2.60. The molecule has 2 rings (SSSR count). The van der Waals surface area contributed by atoms with Crippen molar-refractivity contribution < 1.29 is 0 Å². The second-order valence-corrected chi connectivity index (χ2v) is 4.82. The topological polar surface area (TPSA) is 3.24 Å². The van der Waals surface area contributed by atoms with Crippen molar-refractivity contribution in [3.63, 3.8) is 0 Å². The van der Waals surface area contributed by atoms with Gasteiger partial charge in [0, 0.05) is 13.1 Å². The number of hydrogen-bond donors (Lipinski definition) is 0. The summed E-state index contributed by atoms with van der Waals surface area (Å²) in [5.41, 5.74) is 1.45. The molecule has 1 heteroatoms. The summed E-state index contributed by atoms with van der Waals surface area (Å²) in [6.07, 6.45) is 4.19. The predicted molar refractivity (Wildman–Crippen MR) is 64.7 cm³/mol. The molecule has 0 aromatic heterocycles. The third-order valence-corrected chi connectivity index (χ3v) is 3.24. The van der Waals surface area contributed by atoms with Crippen LogP contribution in [0, 0.1) is 5.92 Å². The highest BCUT2D eigenvalue weighted by Crippen LogP contribution is 2.17. The summed E-state index contributed by atoms with van der Waals surface area (Å²) in [5.74, 6) is 0.871. The molecule has 1 aromatic carbocycles. The minimum absolute atomic E-state index is 0.871. The molecular formula is C14H21N. The molecule has 0 saturated carbocycles. The predicted octanol–water partition coefficient (Wildman–Crippen LogP) is 3.31. The lowest BCUT2D eigenvalue weighted by Crippen LogP contribution is -2.27. The summed E-state index contributed by atoms with van der Waals surface area (Å²) < 4.78 is 0. The van der Waals surface area contributed by atoms with E-state index in [0.717, 1.165) is 12.5 Å². The van der Waals surface area contributed by atoms with Crippen molar-refractivity contribution in [1.29, 1.82) is 0 Å². The van der Waals surface area contributed by atoms with Gasteiger partial charge in [0.1, 0.15) is 0 Å². The lowest BCUT2D eigenvalue weighted by molar-refractivity contribution is 0.248. The first-order chi connectivity index (χ1) is 7.34. The average molecular weight is 203 g/mol. The quantitative estimate of drug-likeness (QED) is 0.713. The van der Waals surface area contributed by atoms with Crippen LogP contribution in [0.25, 0.3) is 0 Å². The van der Waals surface area contributed by atoms with Crippen LogP contribution in [-0.4, -0.2) is 18.0 Å². The molecule has 0 N–H and O–H groups in total. The molecule has 82 valence electrons. The summed E-state index contributed by atoms with van der Waals surface area (Å²) in [4.78, 5) is 2.60. The van der Waals surface area contributed by atoms with Crippen LogP contribution < -0.4 is 0 Å². The highest BCUT2D eigenvalue weighted by atomic mass is 15.1. The van der Waals surface area contributed by atoms with Gasteiger partial charge in [-0.15, -0.1) is 0 Å². The van der Waals surface area contributed by atoms with E-state index in [4.69, 9.17) is 0 Å². The van der Waals surface area contributed by atoms with Gasteiger partial charge in [0.2, 0.25) is 0 Å². The van der Waals surface area contributed by atoms with E-state index in [2.05, 4.69) is 42.2 Å². The summed E-state index contributed by atoms with van der Waals surface area (Å²) in [5, 5.41) is 0. The van der Waals surface area contributed by atoms with Gasteiger partial charge in [0.15, 0.2) is 0 Å². The van der Waals surface area contributed by atoms with Crippen LogP contribution in [0.3, 0.4) is 0 Å². The van der Waals surface area contributed by atoms with Gasteiger partial charge in [0.05, 0.1) is 0 Å². The van der Waals surface area contributed by atoms with Crippen LogP contribution in [0.2, 0.25) is 0 Å². The van der Waals surface area contributed by atoms with Crippen molar-refractivity contribution in [1.82, 2.24) is 4.90 Å². The van der Waals surface area contributed by atoms with Crippen LogP contribution in [-0.2, 0) is 6.54 Å². The van der Waals surface area contributed by atoms with Crippen LogP contribution >= 0.6 is 0 Å². The normalized spacial score (nSPS) is 23.7. The standard InChI is InChI=1S/C14H21N/c1-13-7-5-6-10-15(11-13)12-14-8-3-2-4-9-14/h2-4,8-9,13H,5-7,10-12H2,1H3/t13-/m1/s1. The first kappa shape index (κ1) is 10.7. The molecule has 1 saturated heterocycles. The van der Waals surface area contributed by atoms with Gasteiger partial charge in [-0.25, -0.2) is 0 Å². The molecular weight excluding hydrogens is 182 g/mol. The SMILES string of the molecule is C[C@@H]1CCCCN(Cc2ccccc2)C1. The zero-order chi connectivity index (χ0) is 10.5. The van der Waals surface area contributed by atoms with E-state index in [1.807, 2.05) is 0 Å². The van der Waals surface area contributed by atoms with E-state index in [0.29, 0.717) is 0 Å². The Kier molecular flexibility index (Phi) is 3.79. The maximum atomic E-state index is 2.60. The van der Waals surface area contributed by atoms with E-state index in [-0.39, 0.29) is 0 Å². The zero-order valence-corrected chi connectivity index (χ0v) is 9.65. The molecule has 0 bridgehead atoms. The molecule has 1 nitrogen and oxygen atoms in total. The first-order valence-electron chi connectivity index (χ1n) is 6.11. The molecule has 1 atom stereocenters. The van der Waals surface area contributed by atoms with Crippen LogP contribution in [0.5, 0.6) is 0 Å². The van der Waals surface area contributed by atoms with Crippen molar-refractivity contribution in [2.45, 2.75) is 32.7 Å². The second kappa shape index (κ2) is 5.32. The molecule has 1 heterocycles. The Hall–Kier alpha value is -0.820. The Morgan fingerprint density at radius 3 is 2.80 bits per heavy atom. The smallest absolute Gasteiger partial charge is 0.0233 e. The van der Waals surface area contributed by atoms with Crippen LogP contribution in [0.1, 0.15) is 31.7 Å². The highest BCUT2D eigenvalue weighted by molar-refractivity contribution is 5.14. The van der Waals surface area contributed by atoms with Gasteiger partial charge in [-0.3, -0.25) is 4.90 Å². The summed E-state index contributed by atoms with van der Waals surface area (Å²) >= 11 is 0. The Labute approximate surface area is 93.1 Å². The van der Waals surface area contributed by atoms with E-state index >= 15 is 0 Å². The van der Waals surface area contributed by atoms with Crippen LogP contribution in [0.15, 0.2) is 30.3 Å². The minimum atomic E-state index is 0.871. The van der Waals surface area contributed by atoms with E-state index in [1.54, 1.807) is 0 Å². The molecule has 1 aromatic rings. The molecule has 1 fully saturated rings. The first-order valence-corrected chi connectivity index (χ1v) is 6.11. The number of rotatable bonds is 2. The molecule has 1 aliphatic rings. The fourth-order valence-corrected chi connectivity index (χ4v) is 2.44. The van der Waals surface area contributed by atoms with Crippen LogP contribution in [0.4, 0.5) is 0 Å². The summed E-state index contributed by atoms with van der Waals surface area (Å²) in [6.45, 7) is 6.06. The van der Waals surface area contributed by atoms with Gasteiger partial charge in [-0.2, -0.15) is 0 Å². The molecule has 0 radical (unpaired) electrons. The number of nitrogens with zero attached hydrogens (tertiary/aromatic N) is 1. The lowest BCUT2D eigenvalue weighted by atomic mass is 10.1. The van der Waals surface area contributed by atoms with Crippen molar-refractivity contribution in [2.75, 3.05) is 13.1 Å². The lowest BCUT2D eigenvalue weighted by Gasteiger charge is -2.22. The van der Waals surface area contributed by atoms with Gasteiger partial charge in [-0.05, 0) is 30.9 Å². The second-order valence-electron chi connectivity index (χ2n) is 4.82. The zero-order valence-electron chi connectivity index (χ0n) is 9.65. The molecule has 1 aliphatic heterocycles. The van der Waals surface area contributed by atoms with Gasteiger partial charge in [0.25, 0.3) is 0 Å². The van der Waals surface area contributed by atoms with Gasteiger partial charge < -0.3 is 0 Å². The largest absolute Gasteiger partial charge is 0.299 e. The van der Waals surface area contributed by atoms with E-state index in [1.165, 1.54) is 37.9 Å². The Bertz CT molecular complexity index is 281.